The molecule has 0 bridgehead atoms. The number of benzene rings is 1. The topological polar surface area (TPSA) is 55.1 Å². The number of rotatable bonds is 4. The number of amides is 1. The molecule has 1 saturated carbocycles. The smallest absolute Gasteiger partial charge is 0.241 e. The van der Waals surface area contributed by atoms with Crippen LogP contribution in [0.2, 0.25) is 0 Å². The van der Waals surface area contributed by atoms with Crippen LogP contribution in [0.5, 0.6) is 0 Å². The normalized spacial score (nSPS) is 17.5. The van der Waals surface area contributed by atoms with Gasteiger partial charge in [-0.3, -0.25) is 4.79 Å². The molecule has 0 radical (unpaired) electrons. The van der Waals surface area contributed by atoms with Crippen molar-refractivity contribution < 1.29 is 4.79 Å². The van der Waals surface area contributed by atoms with Crippen molar-refractivity contribution in [3.63, 3.8) is 0 Å². The monoisotopic (exact) mass is 268 g/mol. The third-order valence-corrected chi connectivity index (χ3v) is 3.42. The fourth-order valence-corrected chi connectivity index (χ4v) is 1.95. The lowest BCUT2D eigenvalue weighted by molar-refractivity contribution is -0.123. The van der Waals surface area contributed by atoms with Crippen LogP contribution < -0.4 is 11.1 Å². The highest BCUT2D eigenvalue weighted by atomic mass is 35.5. The Labute approximate surface area is 115 Å². The highest BCUT2D eigenvalue weighted by Crippen LogP contribution is 2.32. The summed E-state index contributed by atoms with van der Waals surface area (Å²) in [5.74, 6) is 0.581. The molecule has 100 valence electrons. The van der Waals surface area contributed by atoms with Gasteiger partial charge in [0, 0.05) is 6.04 Å². The maximum atomic E-state index is 11.9. The van der Waals surface area contributed by atoms with Crippen LogP contribution in [0, 0.1) is 12.8 Å². The van der Waals surface area contributed by atoms with Crippen molar-refractivity contribution in [3.8, 4) is 0 Å². The minimum Gasteiger partial charge on any atom is -0.352 e. The van der Waals surface area contributed by atoms with E-state index in [-0.39, 0.29) is 24.4 Å². The van der Waals surface area contributed by atoms with E-state index in [1.54, 1.807) is 0 Å². The molecule has 1 aromatic rings. The summed E-state index contributed by atoms with van der Waals surface area (Å²) in [6, 6.07) is 7.48. The van der Waals surface area contributed by atoms with Crippen molar-refractivity contribution in [2.24, 2.45) is 11.7 Å². The Hall–Kier alpha value is -1.06. The van der Waals surface area contributed by atoms with Crippen LogP contribution in [0.15, 0.2) is 24.3 Å². The van der Waals surface area contributed by atoms with Crippen molar-refractivity contribution in [2.75, 3.05) is 0 Å². The fraction of sp³-hybridized carbons (Fsp3) is 0.500. The number of hydrogen-bond acceptors (Lipinski definition) is 2. The van der Waals surface area contributed by atoms with Crippen molar-refractivity contribution in [1.29, 1.82) is 0 Å². The average Bonchev–Trinajstić information content (AvgIpc) is 3.12. The third-order valence-electron chi connectivity index (χ3n) is 3.42. The first-order valence-corrected chi connectivity index (χ1v) is 6.20. The SMILES string of the molecule is Cc1ccc(C(N)C(=O)NC(C)C2CC2)cc1.Cl. The summed E-state index contributed by atoms with van der Waals surface area (Å²) in [5.41, 5.74) is 7.99. The summed E-state index contributed by atoms with van der Waals surface area (Å²) in [5, 5.41) is 2.99. The van der Waals surface area contributed by atoms with Crippen molar-refractivity contribution in [1.82, 2.24) is 5.32 Å². The number of hydrogen-bond donors (Lipinski definition) is 2. The minimum absolute atomic E-state index is 0. The van der Waals surface area contributed by atoms with Gasteiger partial charge in [0.05, 0.1) is 0 Å². The summed E-state index contributed by atoms with van der Waals surface area (Å²) in [4.78, 5) is 11.9. The Balaban J connectivity index is 0.00000162. The van der Waals surface area contributed by atoms with Crippen LogP contribution >= 0.6 is 12.4 Å². The van der Waals surface area contributed by atoms with Gasteiger partial charge in [-0.15, -0.1) is 12.4 Å². The quantitative estimate of drug-likeness (QED) is 0.881. The van der Waals surface area contributed by atoms with Gasteiger partial charge in [0.15, 0.2) is 0 Å². The van der Waals surface area contributed by atoms with E-state index in [1.165, 1.54) is 18.4 Å². The van der Waals surface area contributed by atoms with E-state index in [0.717, 1.165) is 5.56 Å². The Kier molecular flexibility index (Phi) is 5.17. The largest absolute Gasteiger partial charge is 0.352 e. The highest BCUT2D eigenvalue weighted by molar-refractivity contribution is 5.85. The Morgan fingerprint density at radius 1 is 1.33 bits per heavy atom. The molecule has 0 aromatic heterocycles. The number of aryl methyl sites for hydroxylation is 1. The molecule has 2 unspecified atom stereocenters. The lowest BCUT2D eigenvalue weighted by Crippen LogP contribution is -2.40. The van der Waals surface area contributed by atoms with Crippen LogP contribution in [0.3, 0.4) is 0 Å². The van der Waals surface area contributed by atoms with Gasteiger partial charge in [-0.25, -0.2) is 0 Å². The summed E-state index contributed by atoms with van der Waals surface area (Å²) in [6.07, 6.45) is 2.45. The van der Waals surface area contributed by atoms with Crippen LogP contribution in [0.4, 0.5) is 0 Å². The van der Waals surface area contributed by atoms with Gasteiger partial charge in [-0.05, 0) is 38.2 Å². The molecule has 3 N–H and O–H groups in total. The Morgan fingerprint density at radius 2 is 1.89 bits per heavy atom. The zero-order chi connectivity index (χ0) is 12.4. The first-order valence-electron chi connectivity index (χ1n) is 6.20. The average molecular weight is 269 g/mol. The molecule has 1 fully saturated rings. The second kappa shape index (κ2) is 6.21. The van der Waals surface area contributed by atoms with Crippen molar-refractivity contribution in [3.05, 3.63) is 35.4 Å². The molecule has 1 aliphatic carbocycles. The number of nitrogens with one attached hydrogen (secondary N) is 1. The Bertz CT molecular complexity index is 401. The van der Waals surface area contributed by atoms with E-state index in [4.69, 9.17) is 5.73 Å². The fourth-order valence-electron chi connectivity index (χ4n) is 1.95. The van der Waals surface area contributed by atoms with Crippen LogP contribution in [0.25, 0.3) is 0 Å². The Morgan fingerprint density at radius 3 is 2.39 bits per heavy atom. The number of carbonyl (C=O) groups is 1. The van der Waals surface area contributed by atoms with Crippen molar-refractivity contribution in [2.45, 2.75) is 38.8 Å². The molecule has 2 atom stereocenters. The molecular weight excluding hydrogens is 248 g/mol. The molecule has 1 aromatic carbocycles. The summed E-state index contributed by atoms with van der Waals surface area (Å²) in [6.45, 7) is 4.07. The molecule has 1 amide bonds. The van der Waals surface area contributed by atoms with Gasteiger partial charge in [0.2, 0.25) is 5.91 Å². The van der Waals surface area contributed by atoms with Crippen LogP contribution in [0.1, 0.15) is 36.9 Å². The lowest BCUT2D eigenvalue weighted by atomic mass is 10.0. The summed E-state index contributed by atoms with van der Waals surface area (Å²) in [7, 11) is 0. The molecule has 1 aliphatic rings. The minimum atomic E-state index is -0.559. The first-order chi connectivity index (χ1) is 8.08. The van der Waals surface area contributed by atoms with E-state index < -0.39 is 6.04 Å². The zero-order valence-corrected chi connectivity index (χ0v) is 11.7. The third kappa shape index (κ3) is 3.72. The second-order valence-electron chi connectivity index (χ2n) is 5.02. The van der Waals surface area contributed by atoms with Gasteiger partial charge >= 0.3 is 0 Å². The van der Waals surface area contributed by atoms with E-state index in [2.05, 4.69) is 12.2 Å². The van der Waals surface area contributed by atoms with Gasteiger partial charge in [0.1, 0.15) is 6.04 Å². The summed E-state index contributed by atoms with van der Waals surface area (Å²) >= 11 is 0. The molecule has 0 spiro atoms. The van der Waals surface area contributed by atoms with Gasteiger partial charge in [-0.1, -0.05) is 29.8 Å². The highest BCUT2D eigenvalue weighted by Gasteiger charge is 2.30. The maximum absolute atomic E-state index is 11.9. The molecule has 4 heteroatoms. The van der Waals surface area contributed by atoms with Crippen LogP contribution in [-0.2, 0) is 4.79 Å². The van der Waals surface area contributed by atoms with Gasteiger partial charge < -0.3 is 11.1 Å². The van der Waals surface area contributed by atoms with Gasteiger partial charge in [-0.2, -0.15) is 0 Å². The van der Waals surface area contributed by atoms with Gasteiger partial charge in [0.25, 0.3) is 0 Å². The van der Waals surface area contributed by atoms with E-state index in [9.17, 15) is 4.79 Å². The lowest BCUT2D eigenvalue weighted by Gasteiger charge is -2.17. The molecular formula is C14H21ClN2O. The number of halogens is 1. The maximum Gasteiger partial charge on any atom is 0.241 e. The predicted octanol–water partition coefficient (Wildman–Crippen LogP) is 2.33. The number of carbonyl (C=O) groups excluding carboxylic acids is 1. The second-order valence-corrected chi connectivity index (χ2v) is 5.02. The number of nitrogens with two attached hydrogens (primary N) is 1. The van der Waals surface area contributed by atoms with E-state index >= 15 is 0 Å². The van der Waals surface area contributed by atoms with Crippen molar-refractivity contribution >= 4 is 18.3 Å². The molecule has 18 heavy (non-hydrogen) atoms. The van der Waals surface area contributed by atoms with E-state index in [0.29, 0.717) is 5.92 Å². The predicted molar refractivity (Wildman–Crippen MR) is 75.7 cm³/mol. The standard InChI is InChI=1S/C14H20N2O.ClH/c1-9-3-5-12(6-4-9)13(15)14(17)16-10(2)11-7-8-11;/h3-6,10-11,13H,7-8,15H2,1-2H3,(H,16,17);1H. The zero-order valence-electron chi connectivity index (χ0n) is 10.8. The van der Waals surface area contributed by atoms with Crippen LogP contribution in [-0.4, -0.2) is 11.9 Å². The summed E-state index contributed by atoms with van der Waals surface area (Å²) < 4.78 is 0. The molecule has 0 aliphatic heterocycles. The molecule has 3 nitrogen and oxygen atoms in total. The molecule has 2 rings (SSSR count). The molecule has 0 heterocycles. The van der Waals surface area contributed by atoms with E-state index in [1.807, 2.05) is 31.2 Å². The first kappa shape index (κ1) is 15.0. The molecule has 0 saturated heterocycles.